The Balaban J connectivity index is 2.06. The zero-order valence-corrected chi connectivity index (χ0v) is 9.26. The lowest BCUT2D eigenvalue weighted by molar-refractivity contribution is 0.0255. The quantitative estimate of drug-likeness (QED) is 0.837. The number of carboxylic acids is 1. The van der Waals surface area contributed by atoms with Crippen LogP contribution in [0.4, 0.5) is 0 Å². The Morgan fingerprint density at radius 3 is 2.65 bits per heavy atom. The summed E-state index contributed by atoms with van der Waals surface area (Å²) < 4.78 is 10.8. The second-order valence-electron chi connectivity index (χ2n) is 3.91. The SMILES string of the molecule is O=C(O)c1ccc(OC2CCOCC2)cc1O. The molecule has 1 saturated heterocycles. The predicted molar refractivity (Wildman–Crippen MR) is 59.5 cm³/mol. The molecule has 5 heteroatoms. The fourth-order valence-electron chi connectivity index (χ4n) is 1.75. The van der Waals surface area contributed by atoms with E-state index in [9.17, 15) is 9.90 Å². The number of aromatic hydroxyl groups is 1. The van der Waals surface area contributed by atoms with Gasteiger partial charge in [-0.15, -0.1) is 0 Å². The molecule has 1 heterocycles. The molecular formula is C12H14O5. The van der Waals surface area contributed by atoms with Crippen molar-refractivity contribution in [2.45, 2.75) is 18.9 Å². The molecule has 0 amide bonds. The standard InChI is InChI=1S/C12H14O5/c13-11-7-9(1-2-10(11)12(14)15)17-8-3-5-16-6-4-8/h1-2,7-8,13H,3-6H2,(H,14,15). The van der Waals surface area contributed by atoms with Crippen molar-refractivity contribution in [3.05, 3.63) is 23.8 Å². The van der Waals surface area contributed by atoms with E-state index >= 15 is 0 Å². The Kier molecular flexibility index (Phi) is 3.49. The number of hydrogen-bond donors (Lipinski definition) is 2. The lowest BCUT2D eigenvalue weighted by Gasteiger charge is -2.23. The van der Waals surface area contributed by atoms with Gasteiger partial charge in [-0.05, 0) is 12.1 Å². The van der Waals surface area contributed by atoms with Crippen molar-refractivity contribution in [1.29, 1.82) is 0 Å². The Morgan fingerprint density at radius 2 is 2.06 bits per heavy atom. The van der Waals surface area contributed by atoms with Crippen molar-refractivity contribution in [3.63, 3.8) is 0 Å². The molecule has 2 rings (SSSR count). The number of carbonyl (C=O) groups is 1. The van der Waals surface area contributed by atoms with Crippen LogP contribution in [0.2, 0.25) is 0 Å². The average Bonchev–Trinajstić information content (AvgIpc) is 2.30. The van der Waals surface area contributed by atoms with Crippen LogP contribution in [0.3, 0.4) is 0 Å². The van der Waals surface area contributed by atoms with Crippen LogP contribution >= 0.6 is 0 Å². The summed E-state index contributed by atoms with van der Waals surface area (Å²) in [5.74, 6) is -0.943. The third-order valence-corrected chi connectivity index (χ3v) is 2.67. The molecule has 0 radical (unpaired) electrons. The normalized spacial score (nSPS) is 16.7. The van der Waals surface area contributed by atoms with Crippen molar-refractivity contribution in [2.24, 2.45) is 0 Å². The number of hydrogen-bond acceptors (Lipinski definition) is 4. The molecule has 0 aliphatic carbocycles. The van der Waals surface area contributed by atoms with Crippen LogP contribution in [0.5, 0.6) is 11.5 Å². The van der Waals surface area contributed by atoms with Gasteiger partial charge in [-0.3, -0.25) is 0 Å². The summed E-state index contributed by atoms with van der Waals surface area (Å²) in [5, 5.41) is 18.3. The van der Waals surface area contributed by atoms with Gasteiger partial charge in [0.25, 0.3) is 0 Å². The van der Waals surface area contributed by atoms with Gasteiger partial charge in [-0.1, -0.05) is 0 Å². The first kappa shape index (κ1) is 11.7. The molecule has 0 saturated carbocycles. The maximum Gasteiger partial charge on any atom is 0.339 e. The third kappa shape index (κ3) is 2.88. The molecule has 1 aromatic carbocycles. The minimum atomic E-state index is -1.15. The van der Waals surface area contributed by atoms with Gasteiger partial charge in [0.05, 0.1) is 13.2 Å². The zero-order chi connectivity index (χ0) is 12.3. The minimum Gasteiger partial charge on any atom is -0.507 e. The van der Waals surface area contributed by atoms with Crippen LogP contribution in [0.1, 0.15) is 23.2 Å². The Morgan fingerprint density at radius 1 is 1.35 bits per heavy atom. The van der Waals surface area contributed by atoms with E-state index in [1.54, 1.807) is 6.07 Å². The van der Waals surface area contributed by atoms with Gasteiger partial charge in [0.15, 0.2) is 0 Å². The van der Waals surface area contributed by atoms with Crippen LogP contribution in [0.15, 0.2) is 18.2 Å². The van der Waals surface area contributed by atoms with Crippen LogP contribution in [-0.2, 0) is 4.74 Å². The molecule has 1 aliphatic heterocycles. The topological polar surface area (TPSA) is 76.0 Å². The number of ether oxygens (including phenoxy) is 2. The first-order valence-electron chi connectivity index (χ1n) is 5.47. The van der Waals surface area contributed by atoms with Crippen molar-refractivity contribution in [1.82, 2.24) is 0 Å². The van der Waals surface area contributed by atoms with Crippen molar-refractivity contribution >= 4 is 5.97 Å². The van der Waals surface area contributed by atoms with Crippen molar-refractivity contribution in [2.75, 3.05) is 13.2 Å². The molecule has 1 aromatic rings. The summed E-state index contributed by atoms with van der Waals surface area (Å²) in [5.41, 5.74) is -0.121. The van der Waals surface area contributed by atoms with E-state index in [-0.39, 0.29) is 17.4 Å². The number of aromatic carboxylic acids is 1. The summed E-state index contributed by atoms with van der Waals surface area (Å²) in [6, 6.07) is 4.23. The average molecular weight is 238 g/mol. The molecular weight excluding hydrogens is 224 g/mol. The molecule has 0 atom stereocenters. The lowest BCUT2D eigenvalue weighted by atomic mass is 10.1. The van der Waals surface area contributed by atoms with Gasteiger partial charge in [0.1, 0.15) is 23.2 Å². The summed E-state index contributed by atoms with van der Waals surface area (Å²) in [6.07, 6.45) is 1.68. The first-order chi connectivity index (χ1) is 8.16. The summed E-state index contributed by atoms with van der Waals surface area (Å²) in [6.45, 7) is 1.34. The van der Waals surface area contributed by atoms with E-state index in [1.807, 2.05) is 0 Å². The van der Waals surface area contributed by atoms with E-state index in [0.29, 0.717) is 19.0 Å². The number of carboxylic acid groups (broad SMARTS) is 1. The van der Waals surface area contributed by atoms with Gasteiger partial charge in [0, 0.05) is 18.9 Å². The number of phenols is 1. The van der Waals surface area contributed by atoms with E-state index < -0.39 is 5.97 Å². The highest BCUT2D eigenvalue weighted by Crippen LogP contribution is 2.25. The molecule has 0 aromatic heterocycles. The van der Waals surface area contributed by atoms with Gasteiger partial charge in [0.2, 0.25) is 0 Å². The smallest absolute Gasteiger partial charge is 0.339 e. The fraction of sp³-hybridized carbons (Fsp3) is 0.417. The highest BCUT2D eigenvalue weighted by atomic mass is 16.5. The number of rotatable bonds is 3. The maximum atomic E-state index is 10.7. The van der Waals surface area contributed by atoms with Crippen LogP contribution in [-0.4, -0.2) is 35.5 Å². The second-order valence-corrected chi connectivity index (χ2v) is 3.91. The van der Waals surface area contributed by atoms with E-state index in [2.05, 4.69) is 0 Å². The van der Waals surface area contributed by atoms with E-state index in [1.165, 1.54) is 12.1 Å². The molecule has 2 N–H and O–H groups in total. The van der Waals surface area contributed by atoms with Crippen LogP contribution < -0.4 is 4.74 Å². The van der Waals surface area contributed by atoms with Gasteiger partial charge >= 0.3 is 5.97 Å². The maximum absolute atomic E-state index is 10.7. The van der Waals surface area contributed by atoms with Crippen molar-refractivity contribution in [3.8, 4) is 11.5 Å². The van der Waals surface area contributed by atoms with Gasteiger partial charge in [-0.25, -0.2) is 4.79 Å². The molecule has 17 heavy (non-hydrogen) atoms. The summed E-state index contributed by atoms with van der Waals surface area (Å²) >= 11 is 0. The van der Waals surface area contributed by atoms with E-state index in [4.69, 9.17) is 14.6 Å². The summed E-state index contributed by atoms with van der Waals surface area (Å²) in [4.78, 5) is 10.7. The molecule has 1 fully saturated rings. The third-order valence-electron chi connectivity index (χ3n) is 2.67. The van der Waals surface area contributed by atoms with E-state index in [0.717, 1.165) is 12.8 Å². The summed E-state index contributed by atoms with van der Waals surface area (Å²) in [7, 11) is 0. The number of benzene rings is 1. The van der Waals surface area contributed by atoms with Crippen LogP contribution in [0.25, 0.3) is 0 Å². The largest absolute Gasteiger partial charge is 0.507 e. The van der Waals surface area contributed by atoms with Crippen LogP contribution in [0, 0.1) is 0 Å². The lowest BCUT2D eigenvalue weighted by Crippen LogP contribution is -2.25. The first-order valence-corrected chi connectivity index (χ1v) is 5.47. The molecule has 0 unspecified atom stereocenters. The molecule has 92 valence electrons. The molecule has 1 aliphatic rings. The Labute approximate surface area is 98.6 Å². The predicted octanol–water partition coefficient (Wildman–Crippen LogP) is 1.65. The van der Waals surface area contributed by atoms with Crippen molar-refractivity contribution < 1.29 is 24.5 Å². The zero-order valence-electron chi connectivity index (χ0n) is 9.26. The monoisotopic (exact) mass is 238 g/mol. The highest BCUT2D eigenvalue weighted by Gasteiger charge is 2.16. The van der Waals surface area contributed by atoms with Gasteiger partial charge in [-0.2, -0.15) is 0 Å². The fourth-order valence-corrected chi connectivity index (χ4v) is 1.75. The highest BCUT2D eigenvalue weighted by molar-refractivity contribution is 5.90. The molecule has 5 nitrogen and oxygen atoms in total. The molecule has 0 bridgehead atoms. The Hall–Kier alpha value is -1.75. The van der Waals surface area contributed by atoms with Gasteiger partial charge < -0.3 is 19.7 Å². The minimum absolute atomic E-state index is 0.0684. The Bertz CT molecular complexity index is 409. The molecule has 0 spiro atoms. The second kappa shape index (κ2) is 5.05.